The lowest BCUT2D eigenvalue weighted by Crippen LogP contribution is -2.51. The summed E-state index contributed by atoms with van der Waals surface area (Å²) >= 11 is 0. The van der Waals surface area contributed by atoms with Gasteiger partial charge in [0.25, 0.3) is 0 Å². The van der Waals surface area contributed by atoms with Crippen molar-refractivity contribution in [2.45, 2.75) is 58.8 Å². The van der Waals surface area contributed by atoms with Crippen LogP contribution in [-0.2, 0) is 9.53 Å². The zero-order valence-electron chi connectivity index (χ0n) is 20.6. The van der Waals surface area contributed by atoms with Crippen LogP contribution in [0.4, 0.5) is 0 Å². The highest BCUT2D eigenvalue weighted by Crippen LogP contribution is 2.65. The second kappa shape index (κ2) is 7.83. The molecule has 0 unspecified atom stereocenters. The lowest BCUT2D eigenvalue weighted by atomic mass is 9.46. The number of piperazine rings is 1. The summed E-state index contributed by atoms with van der Waals surface area (Å²) in [6.07, 6.45) is 15.3. The number of hydrogen-bond donors (Lipinski definition) is 0. The smallest absolute Gasteiger partial charge is 0.331 e. The first kappa shape index (κ1) is 21.6. The number of fused-ring (bicyclic) bond motifs is 5. The summed E-state index contributed by atoms with van der Waals surface area (Å²) in [5, 5.41) is 7.47. The maximum atomic E-state index is 11.7. The number of allylic oxidation sites excluding steroid dienone is 3. The van der Waals surface area contributed by atoms with Gasteiger partial charge in [-0.15, -0.1) is 0 Å². The molecule has 0 amide bonds. The van der Waals surface area contributed by atoms with Gasteiger partial charge < -0.3 is 9.64 Å². The van der Waals surface area contributed by atoms with E-state index in [1.807, 2.05) is 0 Å². The third kappa shape index (κ3) is 3.45. The van der Waals surface area contributed by atoms with Crippen LogP contribution < -0.4 is 0 Å². The van der Waals surface area contributed by atoms with E-state index in [2.05, 4.69) is 43.0 Å². The topological polar surface area (TPSA) is 45.1 Å². The normalized spacial score (nSPS) is 42.2. The van der Waals surface area contributed by atoms with Crippen LogP contribution >= 0.6 is 0 Å². The maximum absolute atomic E-state index is 11.7. The number of hydrogen-bond acceptors (Lipinski definition) is 5. The standard InChI is InChI=1S/C28H39N3O2/c1-27-10-8-21(29-31-14-12-30(3)13-15-31)17-20(27)4-5-22-24-7-6-23(19-16-26(32)33-18-19)28(24,2)11-9-25(22)27/h6-7,16,20,22,25H,4-5,8-15,17-18H2,1-3H3/t20-,22-,25-,27-,28+/m0/s1. The van der Waals surface area contributed by atoms with Crippen LogP contribution in [0.25, 0.3) is 0 Å². The van der Waals surface area contributed by atoms with Crippen LogP contribution in [0.15, 0.2) is 40.0 Å². The Morgan fingerprint density at radius 3 is 2.64 bits per heavy atom. The van der Waals surface area contributed by atoms with Crippen molar-refractivity contribution in [3.63, 3.8) is 0 Å². The van der Waals surface area contributed by atoms with Crippen LogP contribution in [0.1, 0.15) is 58.8 Å². The van der Waals surface area contributed by atoms with Crippen LogP contribution in [0.5, 0.6) is 0 Å². The predicted molar refractivity (Wildman–Crippen MR) is 131 cm³/mol. The Kier molecular flexibility index (Phi) is 5.13. The molecule has 0 aromatic rings. The molecule has 3 saturated carbocycles. The molecule has 0 aromatic carbocycles. The molecule has 2 heterocycles. The third-order valence-electron chi connectivity index (χ3n) is 10.3. The minimum Gasteiger partial charge on any atom is -0.458 e. The summed E-state index contributed by atoms with van der Waals surface area (Å²) in [5.41, 5.74) is 6.08. The predicted octanol–water partition coefficient (Wildman–Crippen LogP) is 4.57. The zero-order chi connectivity index (χ0) is 22.8. The highest BCUT2D eigenvalue weighted by Gasteiger charge is 2.56. The monoisotopic (exact) mass is 449 g/mol. The van der Waals surface area contributed by atoms with Crippen molar-refractivity contribution in [2.24, 2.45) is 33.7 Å². The number of ether oxygens (including phenoxy) is 1. The van der Waals surface area contributed by atoms with Gasteiger partial charge in [-0.2, -0.15) is 5.10 Å². The van der Waals surface area contributed by atoms with Crippen molar-refractivity contribution < 1.29 is 9.53 Å². The fourth-order valence-electron chi connectivity index (χ4n) is 8.23. The molecule has 0 aromatic heterocycles. The number of rotatable bonds is 2. The summed E-state index contributed by atoms with van der Waals surface area (Å²) in [4.78, 5) is 14.1. The molecule has 0 bridgehead atoms. The lowest BCUT2D eigenvalue weighted by molar-refractivity contribution is -0.134. The van der Waals surface area contributed by atoms with E-state index >= 15 is 0 Å². The highest BCUT2D eigenvalue weighted by atomic mass is 16.5. The first-order chi connectivity index (χ1) is 15.9. The highest BCUT2D eigenvalue weighted by molar-refractivity contribution is 5.87. The van der Waals surface area contributed by atoms with E-state index in [0.29, 0.717) is 17.9 Å². The van der Waals surface area contributed by atoms with Gasteiger partial charge in [-0.05, 0) is 80.7 Å². The van der Waals surface area contributed by atoms with Gasteiger partial charge >= 0.3 is 5.97 Å². The van der Waals surface area contributed by atoms with Crippen LogP contribution in [0.2, 0.25) is 0 Å². The van der Waals surface area contributed by atoms with Crippen molar-refractivity contribution in [3.05, 3.63) is 34.9 Å². The average molecular weight is 450 g/mol. The van der Waals surface area contributed by atoms with Crippen molar-refractivity contribution in [1.29, 1.82) is 0 Å². The number of esters is 1. The number of carbonyl (C=O) groups is 1. The van der Waals surface area contributed by atoms with Gasteiger partial charge in [0.15, 0.2) is 0 Å². The number of nitrogens with zero attached hydrogens (tertiary/aromatic N) is 3. The van der Waals surface area contributed by atoms with Gasteiger partial charge in [-0.3, -0.25) is 5.01 Å². The molecule has 0 spiro atoms. The molecule has 0 radical (unpaired) electrons. The van der Waals surface area contributed by atoms with E-state index in [1.54, 1.807) is 11.6 Å². The molecule has 0 N–H and O–H groups in total. The maximum Gasteiger partial charge on any atom is 0.331 e. The molecule has 5 atom stereocenters. The minimum absolute atomic E-state index is 0.0902. The van der Waals surface area contributed by atoms with Gasteiger partial charge in [0, 0.05) is 49.0 Å². The molecule has 6 aliphatic rings. The number of carbonyl (C=O) groups excluding carboxylic acids is 1. The van der Waals surface area contributed by atoms with E-state index in [9.17, 15) is 4.79 Å². The molecule has 4 fully saturated rings. The Bertz CT molecular complexity index is 970. The zero-order valence-corrected chi connectivity index (χ0v) is 20.6. The second-order valence-corrected chi connectivity index (χ2v) is 12.0. The third-order valence-corrected chi connectivity index (χ3v) is 10.3. The first-order valence-electron chi connectivity index (χ1n) is 13.2. The van der Waals surface area contributed by atoms with E-state index in [-0.39, 0.29) is 11.4 Å². The average Bonchev–Trinajstić information content (AvgIpc) is 3.38. The number of hydrazone groups is 1. The quantitative estimate of drug-likeness (QED) is 0.579. The molecule has 33 heavy (non-hydrogen) atoms. The summed E-state index contributed by atoms with van der Waals surface area (Å²) in [5.74, 6) is 2.07. The fraction of sp³-hybridized carbons (Fsp3) is 0.714. The van der Waals surface area contributed by atoms with E-state index in [0.717, 1.165) is 43.6 Å². The molecule has 178 valence electrons. The molecule has 5 nitrogen and oxygen atoms in total. The molecule has 5 heteroatoms. The molecular weight excluding hydrogens is 410 g/mol. The SMILES string of the molecule is CN1CCN(N=C2CC[C@@]3(C)[C@@H](CC[C@H]4C5=CC=C(C6=CC(=O)OC6)[C@@]5(C)CC[C@@H]43)C2)CC1. The van der Waals surface area contributed by atoms with Gasteiger partial charge in [0.1, 0.15) is 6.61 Å². The first-order valence-corrected chi connectivity index (χ1v) is 13.2. The van der Waals surface area contributed by atoms with E-state index in [4.69, 9.17) is 9.84 Å². The van der Waals surface area contributed by atoms with Crippen molar-refractivity contribution in [3.8, 4) is 0 Å². The van der Waals surface area contributed by atoms with Gasteiger partial charge in [-0.1, -0.05) is 31.6 Å². The summed E-state index contributed by atoms with van der Waals surface area (Å²) in [6.45, 7) is 9.88. The van der Waals surface area contributed by atoms with Crippen molar-refractivity contribution >= 4 is 11.7 Å². The van der Waals surface area contributed by atoms with Gasteiger partial charge in [-0.25, -0.2) is 4.79 Å². The number of likely N-dealkylation sites (N-methyl/N-ethyl adjacent to an activating group) is 1. The summed E-state index contributed by atoms with van der Waals surface area (Å²) < 4.78 is 5.25. The van der Waals surface area contributed by atoms with Crippen LogP contribution in [0.3, 0.4) is 0 Å². The Balaban J connectivity index is 1.18. The summed E-state index contributed by atoms with van der Waals surface area (Å²) in [6, 6.07) is 0. The number of cyclic esters (lactones) is 1. The Morgan fingerprint density at radius 1 is 1.06 bits per heavy atom. The molecule has 4 aliphatic carbocycles. The van der Waals surface area contributed by atoms with E-state index in [1.165, 1.54) is 56.2 Å². The van der Waals surface area contributed by atoms with Crippen LogP contribution in [0, 0.1) is 28.6 Å². The van der Waals surface area contributed by atoms with Gasteiger partial charge in [0.2, 0.25) is 0 Å². The van der Waals surface area contributed by atoms with E-state index < -0.39 is 0 Å². The largest absolute Gasteiger partial charge is 0.458 e. The Morgan fingerprint density at radius 2 is 1.88 bits per heavy atom. The molecule has 6 rings (SSSR count). The second-order valence-electron chi connectivity index (χ2n) is 12.0. The minimum atomic E-state index is -0.180. The Hall–Kier alpha value is -1.88. The lowest BCUT2D eigenvalue weighted by Gasteiger charge is -2.59. The van der Waals surface area contributed by atoms with Crippen molar-refractivity contribution in [2.75, 3.05) is 39.8 Å². The Labute approximate surface area is 198 Å². The van der Waals surface area contributed by atoms with Crippen molar-refractivity contribution in [1.82, 2.24) is 9.91 Å². The van der Waals surface area contributed by atoms with Gasteiger partial charge in [0.05, 0.1) is 0 Å². The fourth-order valence-corrected chi connectivity index (χ4v) is 8.23. The summed E-state index contributed by atoms with van der Waals surface area (Å²) in [7, 11) is 2.21. The molecular formula is C28H39N3O2. The molecule has 1 saturated heterocycles. The van der Waals surface area contributed by atoms with Crippen LogP contribution in [-0.4, -0.2) is 61.4 Å². The molecule has 2 aliphatic heterocycles.